The lowest BCUT2D eigenvalue weighted by Gasteiger charge is -2.39. The van der Waals surface area contributed by atoms with Crippen LogP contribution >= 0.6 is 11.6 Å². The predicted molar refractivity (Wildman–Crippen MR) is 117 cm³/mol. The van der Waals surface area contributed by atoms with E-state index in [1.54, 1.807) is 11.0 Å². The molecule has 1 atom stereocenters. The Kier molecular flexibility index (Phi) is 6.48. The number of halogens is 1. The van der Waals surface area contributed by atoms with Gasteiger partial charge in [0, 0.05) is 30.3 Å². The maximum Gasteiger partial charge on any atom is 0.321 e. The number of nitrogens with zero attached hydrogens (tertiary/aromatic N) is 1. The van der Waals surface area contributed by atoms with Gasteiger partial charge in [-0.05, 0) is 56.9 Å². The fraction of sp³-hybridized carbons (Fsp3) is 0.391. The van der Waals surface area contributed by atoms with Gasteiger partial charge in [0.25, 0.3) is 0 Å². The Bertz CT molecular complexity index is 897. The zero-order chi connectivity index (χ0) is 21.0. The van der Waals surface area contributed by atoms with Gasteiger partial charge in [-0.25, -0.2) is 4.79 Å². The van der Waals surface area contributed by atoms with E-state index in [0.717, 1.165) is 24.0 Å². The standard InChI is InChI=1S/C23H28ClN3O2/c1-16-8-10-18(11-9-16)14-25-21(28)23(3)12-5-13-27(15-23)22(29)26-20-7-4-6-19(24)17(20)2/h4,6-11H,5,12-15H2,1-3H3,(H,25,28)(H,26,29)/t23-/m1/s1. The van der Waals surface area contributed by atoms with E-state index in [2.05, 4.69) is 10.6 Å². The van der Waals surface area contributed by atoms with Crippen molar-refractivity contribution in [3.63, 3.8) is 0 Å². The van der Waals surface area contributed by atoms with Crippen LogP contribution in [0.25, 0.3) is 0 Å². The topological polar surface area (TPSA) is 61.4 Å². The molecule has 1 fully saturated rings. The minimum Gasteiger partial charge on any atom is -0.351 e. The Morgan fingerprint density at radius 3 is 2.59 bits per heavy atom. The summed E-state index contributed by atoms with van der Waals surface area (Å²) < 4.78 is 0. The molecular formula is C23H28ClN3O2. The lowest BCUT2D eigenvalue weighted by atomic mass is 9.81. The fourth-order valence-electron chi connectivity index (χ4n) is 3.64. The van der Waals surface area contributed by atoms with Gasteiger partial charge in [-0.2, -0.15) is 0 Å². The zero-order valence-corrected chi connectivity index (χ0v) is 18.0. The first-order valence-corrected chi connectivity index (χ1v) is 10.3. The highest BCUT2D eigenvalue weighted by Crippen LogP contribution is 2.31. The Morgan fingerprint density at radius 2 is 1.86 bits per heavy atom. The molecular weight excluding hydrogens is 386 g/mol. The summed E-state index contributed by atoms with van der Waals surface area (Å²) in [4.78, 5) is 27.4. The highest BCUT2D eigenvalue weighted by Gasteiger charge is 2.39. The molecule has 5 nitrogen and oxygen atoms in total. The van der Waals surface area contributed by atoms with Crippen LogP contribution in [0, 0.1) is 19.3 Å². The van der Waals surface area contributed by atoms with Gasteiger partial charge in [-0.15, -0.1) is 0 Å². The first kappa shape index (κ1) is 21.2. The van der Waals surface area contributed by atoms with Crippen molar-refractivity contribution >= 4 is 29.2 Å². The number of carbonyl (C=O) groups is 2. The number of anilines is 1. The third-order valence-corrected chi connectivity index (χ3v) is 6.02. The number of urea groups is 1. The molecule has 0 unspecified atom stereocenters. The van der Waals surface area contributed by atoms with Crippen LogP contribution in [0.4, 0.5) is 10.5 Å². The lowest BCUT2D eigenvalue weighted by molar-refractivity contribution is -0.132. The van der Waals surface area contributed by atoms with Gasteiger partial charge in [-0.1, -0.05) is 47.5 Å². The summed E-state index contributed by atoms with van der Waals surface area (Å²) in [5, 5.41) is 6.58. The minimum absolute atomic E-state index is 0.0190. The van der Waals surface area contributed by atoms with Crippen LogP contribution in [0.3, 0.4) is 0 Å². The predicted octanol–water partition coefficient (Wildman–Crippen LogP) is 4.91. The molecule has 0 bridgehead atoms. The third-order valence-electron chi connectivity index (χ3n) is 5.61. The average Bonchev–Trinajstić information content (AvgIpc) is 2.70. The lowest BCUT2D eigenvalue weighted by Crippen LogP contribution is -2.52. The van der Waals surface area contributed by atoms with Crippen molar-refractivity contribution < 1.29 is 9.59 Å². The number of rotatable bonds is 4. The largest absolute Gasteiger partial charge is 0.351 e. The SMILES string of the molecule is Cc1ccc(CNC(=O)[C@]2(C)CCCN(C(=O)Nc3cccc(Cl)c3C)C2)cc1. The molecule has 3 rings (SSSR count). The molecule has 0 saturated carbocycles. The van der Waals surface area contributed by atoms with Crippen LogP contribution in [0.15, 0.2) is 42.5 Å². The number of carbonyl (C=O) groups excluding carboxylic acids is 2. The molecule has 1 saturated heterocycles. The molecule has 0 aliphatic carbocycles. The van der Waals surface area contributed by atoms with Crippen LogP contribution in [-0.2, 0) is 11.3 Å². The Morgan fingerprint density at radius 1 is 1.14 bits per heavy atom. The molecule has 0 radical (unpaired) electrons. The summed E-state index contributed by atoms with van der Waals surface area (Å²) in [6.07, 6.45) is 1.54. The molecule has 0 spiro atoms. The molecule has 154 valence electrons. The van der Waals surface area contributed by atoms with Crippen molar-refractivity contribution in [3.05, 3.63) is 64.2 Å². The highest BCUT2D eigenvalue weighted by molar-refractivity contribution is 6.31. The smallest absolute Gasteiger partial charge is 0.321 e. The van der Waals surface area contributed by atoms with Crippen molar-refractivity contribution in [1.82, 2.24) is 10.2 Å². The molecule has 1 aliphatic heterocycles. The van der Waals surface area contributed by atoms with Gasteiger partial charge >= 0.3 is 6.03 Å². The number of hydrogen-bond donors (Lipinski definition) is 2. The first-order chi connectivity index (χ1) is 13.8. The van der Waals surface area contributed by atoms with E-state index >= 15 is 0 Å². The van der Waals surface area contributed by atoms with Crippen molar-refractivity contribution in [2.24, 2.45) is 5.41 Å². The van der Waals surface area contributed by atoms with Crippen LogP contribution in [-0.4, -0.2) is 29.9 Å². The highest BCUT2D eigenvalue weighted by atomic mass is 35.5. The Hall–Kier alpha value is -2.53. The molecule has 29 heavy (non-hydrogen) atoms. The molecule has 6 heteroatoms. The van der Waals surface area contributed by atoms with Gasteiger partial charge in [-0.3, -0.25) is 4.79 Å². The summed E-state index contributed by atoms with van der Waals surface area (Å²) in [5.41, 5.74) is 3.17. The van der Waals surface area contributed by atoms with E-state index in [9.17, 15) is 9.59 Å². The second kappa shape index (κ2) is 8.87. The van der Waals surface area contributed by atoms with E-state index in [0.29, 0.717) is 30.3 Å². The maximum absolute atomic E-state index is 12.9. The van der Waals surface area contributed by atoms with Crippen LogP contribution in [0.1, 0.15) is 36.5 Å². The van der Waals surface area contributed by atoms with E-state index in [1.165, 1.54) is 5.56 Å². The van der Waals surface area contributed by atoms with Gasteiger partial charge in [0.1, 0.15) is 0 Å². The molecule has 1 heterocycles. The monoisotopic (exact) mass is 413 g/mol. The van der Waals surface area contributed by atoms with Crippen molar-refractivity contribution in [3.8, 4) is 0 Å². The number of hydrogen-bond acceptors (Lipinski definition) is 2. The molecule has 2 aromatic rings. The van der Waals surface area contributed by atoms with Crippen molar-refractivity contribution in [2.45, 2.75) is 40.2 Å². The zero-order valence-electron chi connectivity index (χ0n) is 17.2. The molecule has 0 aromatic heterocycles. The van der Waals surface area contributed by atoms with Crippen molar-refractivity contribution in [1.29, 1.82) is 0 Å². The van der Waals surface area contributed by atoms with Gasteiger partial charge in [0.15, 0.2) is 0 Å². The first-order valence-electron chi connectivity index (χ1n) is 9.93. The summed E-state index contributed by atoms with van der Waals surface area (Å²) in [6, 6.07) is 13.3. The number of amides is 3. The van der Waals surface area contributed by atoms with Gasteiger partial charge < -0.3 is 15.5 Å². The van der Waals surface area contributed by atoms with Crippen LogP contribution in [0.5, 0.6) is 0 Å². The number of aryl methyl sites for hydroxylation is 1. The number of piperidine rings is 1. The quantitative estimate of drug-likeness (QED) is 0.748. The number of benzene rings is 2. The third kappa shape index (κ3) is 5.10. The van der Waals surface area contributed by atoms with Gasteiger partial charge in [0.2, 0.25) is 5.91 Å². The average molecular weight is 414 g/mol. The fourth-order valence-corrected chi connectivity index (χ4v) is 3.81. The van der Waals surface area contributed by atoms with E-state index < -0.39 is 5.41 Å². The van der Waals surface area contributed by atoms with Crippen LogP contribution in [0.2, 0.25) is 5.02 Å². The summed E-state index contributed by atoms with van der Waals surface area (Å²) in [7, 11) is 0. The van der Waals surface area contributed by atoms with Crippen molar-refractivity contribution in [2.75, 3.05) is 18.4 Å². The number of likely N-dealkylation sites (tertiary alicyclic amines) is 1. The van der Waals surface area contributed by atoms with E-state index in [1.807, 2.05) is 57.2 Å². The minimum atomic E-state index is -0.607. The normalized spacial score (nSPS) is 19.0. The molecule has 2 N–H and O–H groups in total. The summed E-state index contributed by atoms with van der Waals surface area (Å²) in [6.45, 7) is 7.35. The maximum atomic E-state index is 12.9. The summed E-state index contributed by atoms with van der Waals surface area (Å²) >= 11 is 6.15. The Labute approximate surface area is 177 Å². The van der Waals surface area contributed by atoms with Crippen LogP contribution < -0.4 is 10.6 Å². The van der Waals surface area contributed by atoms with Gasteiger partial charge in [0.05, 0.1) is 5.41 Å². The van der Waals surface area contributed by atoms with E-state index in [-0.39, 0.29) is 11.9 Å². The molecule has 1 aliphatic rings. The summed E-state index contributed by atoms with van der Waals surface area (Å²) in [5.74, 6) is -0.0190. The second-order valence-corrected chi connectivity index (χ2v) is 8.50. The van der Waals surface area contributed by atoms with E-state index in [4.69, 9.17) is 11.6 Å². The second-order valence-electron chi connectivity index (χ2n) is 8.10. The number of nitrogens with one attached hydrogen (secondary N) is 2. The Balaban J connectivity index is 1.61. The molecule has 2 aromatic carbocycles. The molecule has 3 amide bonds.